The summed E-state index contributed by atoms with van der Waals surface area (Å²) in [5.41, 5.74) is 0. The van der Waals surface area contributed by atoms with Gasteiger partial charge < -0.3 is 10.2 Å². The maximum Gasteiger partial charge on any atom is 0.0565 e. The summed E-state index contributed by atoms with van der Waals surface area (Å²) in [5.74, 6) is 0.986. The van der Waals surface area contributed by atoms with E-state index in [-0.39, 0.29) is 12.7 Å². The Bertz CT molecular complexity index is 123. The van der Waals surface area contributed by atoms with E-state index in [1.807, 2.05) is 0 Å². The van der Waals surface area contributed by atoms with Gasteiger partial charge in [-0.2, -0.15) is 0 Å². The van der Waals surface area contributed by atoms with Crippen molar-refractivity contribution in [1.82, 2.24) is 0 Å². The monoisotopic (exact) mass is 202 g/mol. The Balaban J connectivity index is 3.67. The number of hydrogen-bond donors (Lipinski definition) is 2. The summed E-state index contributed by atoms with van der Waals surface area (Å²) in [6.07, 6.45) is 4.79. The van der Waals surface area contributed by atoms with Crippen LogP contribution in [0.3, 0.4) is 0 Å². The normalized spacial score (nSPS) is 17.8. The fraction of sp³-hybridized carbons (Fsp3) is 1.00. The van der Waals surface area contributed by atoms with Crippen LogP contribution in [0.15, 0.2) is 0 Å². The summed E-state index contributed by atoms with van der Waals surface area (Å²) < 4.78 is 0. The predicted octanol–water partition coefficient (Wildman–Crippen LogP) is 2.58. The second-order valence-electron chi connectivity index (χ2n) is 4.32. The molecule has 0 aromatic heterocycles. The molecule has 0 aliphatic rings. The Labute approximate surface area is 88.3 Å². The minimum absolute atomic E-state index is 0.159. The van der Waals surface area contributed by atoms with Gasteiger partial charge in [0.05, 0.1) is 6.10 Å². The first-order valence-electron chi connectivity index (χ1n) is 5.94. The summed E-state index contributed by atoms with van der Waals surface area (Å²) in [6.45, 7) is 6.63. The lowest BCUT2D eigenvalue weighted by atomic mass is 9.91. The van der Waals surface area contributed by atoms with E-state index in [4.69, 9.17) is 5.11 Å². The third kappa shape index (κ3) is 5.61. The van der Waals surface area contributed by atoms with Crippen LogP contribution in [0.1, 0.15) is 52.9 Å². The quantitative estimate of drug-likeness (QED) is 0.635. The summed E-state index contributed by atoms with van der Waals surface area (Å²) in [7, 11) is 0. The number of hydrogen-bond acceptors (Lipinski definition) is 2. The molecule has 86 valence electrons. The second-order valence-corrected chi connectivity index (χ2v) is 4.32. The van der Waals surface area contributed by atoms with Crippen molar-refractivity contribution >= 4 is 0 Å². The van der Waals surface area contributed by atoms with Gasteiger partial charge in [0.1, 0.15) is 0 Å². The van der Waals surface area contributed by atoms with Crippen LogP contribution in [0.25, 0.3) is 0 Å². The van der Waals surface area contributed by atoms with E-state index in [1.165, 1.54) is 0 Å². The van der Waals surface area contributed by atoms with Crippen molar-refractivity contribution in [2.45, 2.75) is 59.0 Å². The molecule has 0 aliphatic carbocycles. The second kappa shape index (κ2) is 8.25. The van der Waals surface area contributed by atoms with Gasteiger partial charge in [-0.1, -0.05) is 33.6 Å². The largest absolute Gasteiger partial charge is 0.396 e. The number of rotatable bonds is 8. The van der Waals surface area contributed by atoms with E-state index in [1.54, 1.807) is 0 Å². The Hall–Kier alpha value is -0.0800. The molecule has 0 rings (SSSR count). The first kappa shape index (κ1) is 13.9. The van der Waals surface area contributed by atoms with Gasteiger partial charge in [-0.15, -0.1) is 0 Å². The number of aliphatic hydroxyl groups is 2. The van der Waals surface area contributed by atoms with Crippen molar-refractivity contribution in [3.8, 4) is 0 Å². The van der Waals surface area contributed by atoms with Gasteiger partial charge in [-0.3, -0.25) is 0 Å². The van der Waals surface area contributed by atoms with E-state index < -0.39 is 0 Å². The molecule has 0 aromatic rings. The van der Waals surface area contributed by atoms with Gasteiger partial charge in [0.25, 0.3) is 0 Å². The van der Waals surface area contributed by atoms with Crippen molar-refractivity contribution in [3.05, 3.63) is 0 Å². The van der Waals surface area contributed by atoms with E-state index in [0.29, 0.717) is 11.8 Å². The fourth-order valence-corrected chi connectivity index (χ4v) is 1.70. The van der Waals surface area contributed by atoms with Crippen LogP contribution in [0.4, 0.5) is 0 Å². The fourth-order valence-electron chi connectivity index (χ4n) is 1.70. The highest BCUT2D eigenvalue weighted by molar-refractivity contribution is 4.66. The molecule has 0 saturated carbocycles. The first-order valence-corrected chi connectivity index (χ1v) is 5.94. The molecule has 0 heterocycles. The average Bonchev–Trinajstić information content (AvgIpc) is 2.22. The molecule has 14 heavy (non-hydrogen) atoms. The zero-order valence-electron chi connectivity index (χ0n) is 9.87. The molecule has 0 aromatic carbocycles. The minimum Gasteiger partial charge on any atom is -0.396 e. The van der Waals surface area contributed by atoms with Gasteiger partial charge in [0.15, 0.2) is 0 Å². The number of aliphatic hydroxyl groups excluding tert-OH is 2. The predicted molar refractivity (Wildman–Crippen MR) is 60.2 cm³/mol. The Morgan fingerprint density at radius 2 is 1.64 bits per heavy atom. The molecule has 3 atom stereocenters. The van der Waals surface area contributed by atoms with Gasteiger partial charge in [-0.25, -0.2) is 0 Å². The van der Waals surface area contributed by atoms with Crippen LogP contribution in [-0.4, -0.2) is 22.9 Å². The minimum atomic E-state index is -0.159. The van der Waals surface area contributed by atoms with Crippen LogP contribution >= 0.6 is 0 Å². The van der Waals surface area contributed by atoms with Crippen LogP contribution in [0.2, 0.25) is 0 Å². The van der Waals surface area contributed by atoms with Gasteiger partial charge >= 0.3 is 0 Å². The zero-order valence-corrected chi connectivity index (χ0v) is 9.87. The highest BCUT2D eigenvalue weighted by Crippen LogP contribution is 2.20. The van der Waals surface area contributed by atoms with Crippen LogP contribution in [-0.2, 0) is 0 Å². The Morgan fingerprint density at radius 1 is 1.00 bits per heavy atom. The zero-order chi connectivity index (χ0) is 11.0. The van der Waals surface area contributed by atoms with Crippen molar-refractivity contribution in [2.24, 2.45) is 11.8 Å². The van der Waals surface area contributed by atoms with Crippen molar-refractivity contribution in [2.75, 3.05) is 6.61 Å². The van der Waals surface area contributed by atoms with Gasteiger partial charge in [0, 0.05) is 6.61 Å². The molecule has 2 N–H and O–H groups in total. The third-order valence-corrected chi connectivity index (χ3v) is 3.29. The molecular weight excluding hydrogens is 176 g/mol. The van der Waals surface area contributed by atoms with Crippen molar-refractivity contribution in [3.63, 3.8) is 0 Å². The Kier molecular flexibility index (Phi) is 8.20. The highest BCUT2D eigenvalue weighted by Gasteiger charge is 2.14. The lowest BCUT2D eigenvalue weighted by Gasteiger charge is -2.20. The topological polar surface area (TPSA) is 40.5 Å². The van der Waals surface area contributed by atoms with Crippen LogP contribution < -0.4 is 0 Å². The molecule has 0 fully saturated rings. The molecule has 0 aliphatic heterocycles. The molecular formula is C12H26O2. The average molecular weight is 202 g/mol. The molecule has 3 unspecified atom stereocenters. The molecule has 2 heteroatoms. The molecule has 0 amide bonds. The summed E-state index contributed by atoms with van der Waals surface area (Å²) in [5, 5.41) is 18.6. The van der Waals surface area contributed by atoms with Crippen LogP contribution in [0, 0.1) is 11.8 Å². The van der Waals surface area contributed by atoms with E-state index >= 15 is 0 Å². The third-order valence-electron chi connectivity index (χ3n) is 3.29. The molecule has 0 saturated heterocycles. The first-order chi connectivity index (χ1) is 6.65. The van der Waals surface area contributed by atoms with E-state index in [9.17, 15) is 5.11 Å². The molecule has 0 spiro atoms. The summed E-state index contributed by atoms with van der Waals surface area (Å²) >= 11 is 0. The Morgan fingerprint density at radius 3 is 2.07 bits per heavy atom. The SMILES string of the molecule is CCC(CCO)CCC(O)C(C)CC. The lowest BCUT2D eigenvalue weighted by molar-refractivity contribution is 0.0954. The van der Waals surface area contributed by atoms with Crippen LogP contribution in [0.5, 0.6) is 0 Å². The summed E-state index contributed by atoms with van der Waals surface area (Å²) in [6, 6.07) is 0. The smallest absolute Gasteiger partial charge is 0.0565 e. The van der Waals surface area contributed by atoms with Crippen molar-refractivity contribution in [1.29, 1.82) is 0 Å². The van der Waals surface area contributed by atoms with Gasteiger partial charge in [0.2, 0.25) is 0 Å². The highest BCUT2D eigenvalue weighted by atomic mass is 16.3. The molecule has 0 bridgehead atoms. The van der Waals surface area contributed by atoms with Crippen molar-refractivity contribution < 1.29 is 10.2 Å². The van der Waals surface area contributed by atoms with E-state index in [2.05, 4.69) is 20.8 Å². The molecule has 2 nitrogen and oxygen atoms in total. The summed E-state index contributed by atoms with van der Waals surface area (Å²) in [4.78, 5) is 0. The standard InChI is InChI=1S/C12H26O2/c1-4-10(3)12(14)7-6-11(5-2)8-9-13/h10-14H,4-9H2,1-3H3. The maximum absolute atomic E-state index is 9.77. The van der Waals surface area contributed by atoms with Gasteiger partial charge in [-0.05, 0) is 31.1 Å². The lowest BCUT2D eigenvalue weighted by Crippen LogP contribution is -2.18. The molecule has 0 radical (unpaired) electrons. The van der Waals surface area contributed by atoms with E-state index in [0.717, 1.165) is 32.1 Å². The maximum atomic E-state index is 9.77.